The van der Waals surface area contributed by atoms with Gasteiger partial charge in [0.1, 0.15) is 5.69 Å². The predicted octanol–water partition coefficient (Wildman–Crippen LogP) is 0.388. The Balaban J connectivity index is 2.83. The number of nitro benzene ring substituents is 1. The van der Waals surface area contributed by atoms with E-state index in [1.807, 2.05) is 0 Å². The van der Waals surface area contributed by atoms with Crippen LogP contribution in [0.25, 0.3) is 0 Å². The van der Waals surface area contributed by atoms with Crippen LogP contribution in [0.3, 0.4) is 0 Å². The average Bonchev–Trinajstić information content (AvgIpc) is 2.16. The average molecular weight is 224 g/mol. The molecule has 0 spiro atoms. The number of para-hydroxylation sites is 1. The second-order valence-corrected chi connectivity index (χ2v) is 3.15. The fraction of sp³-hybridized carbons (Fsp3) is 0.222. The maximum atomic E-state index is 10.8. The number of urea groups is 1. The highest BCUT2D eigenvalue weighted by molar-refractivity contribution is 5.71. The maximum absolute atomic E-state index is 10.8. The number of amides is 2. The summed E-state index contributed by atoms with van der Waals surface area (Å²) in [7, 11) is 0. The van der Waals surface area contributed by atoms with E-state index in [1.54, 1.807) is 12.1 Å². The lowest BCUT2D eigenvalue weighted by Crippen LogP contribution is -2.31. The zero-order valence-electron chi connectivity index (χ0n) is 8.47. The van der Waals surface area contributed by atoms with Crippen LogP contribution >= 0.6 is 0 Å². The summed E-state index contributed by atoms with van der Waals surface area (Å²) >= 11 is 0. The molecule has 2 amide bonds. The predicted molar refractivity (Wildman–Crippen MR) is 58.8 cm³/mol. The van der Waals surface area contributed by atoms with E-state index < -0.39 is 11.0 Å². The molecule has 0 aromatic heterocycles. The van der Waals surface area contributed by atoms with E-state index in [1.165, 1.54) is 6.07 Å². The lowest BCUT2D eigenvalue weighted by atomic mass is 10.1. The van der Waals surface area contributed by atoms with Gasteiger partial charge in [-0.05, 0) is 12.5 Å². The summed E-state index contributed by atoms with van der Waals surface area (Å²) in [5.41, 5.74) is 10.8. The van der Waals surface area contributed by atoms with Crippen LogP contribution in [0.5, 0.6) is 0 Å². The SMILES string of the molecule is NC(=O)NCCc1cccc(N)c1[N+](=O)[O-]. The fourth-order valence-electron chi connectivity index (χ4n) is 1.36. The number of nitrogens with two attached hydrogens (primary N) is 2. The van der Waals surface area contributed by atoms with Crippen LogP contribution in [0.1, 0.15) is 5.56 Å². The maximum Gasteiger partial charge on any atom is 0.312 e. The van der Waals surface area contributed by atoms with Crippen LogP contribution in [0.15, 0.2) is 18.2 Å². The van der Waals surface area contributed by atoms with E-state index >= 15 is 0 Å². The van der Waals surface area contributed by atoms with Gasteiger partial charge in [0, 0.05) is 12.1 Å². The first-order valence-electron chi connectivity index (χ1n) is 4.57. The Labute approximate surface area is 91.6 Å². The molecule has 0 saturated carbocycles. The number of rotatable bonds is 4. The van der Waals surface area contributed by atoms with Gasteiger partial charge in [-0.15, -0.1) is 0 Å². The number of anilines is 1. The quantitative estimate of drug-likeness (QED) is 0.388. The third kappa shape index (κ3) is 2.84. The Morgan fingerprint density at radius 3 is 2.75 bits per heavy atom. The highest BCUT2D eigenvalue weighted by Crippen LogP contribution is 2.25. The van der Waals surface area contributed by atoms with Crippen LogP contribution in [-0.2, 0) is 6.42 Å². The first kappa shape index (κ1) is 11.8. The Morgan fingerprint density at radius 1 is 1.50 bits per heavy atom. The zero-order chi connectivity index (χ0) is 12.1. The molecule has 1 aromatic rings. The number of hydrogen-bond acceptors (Lipinski definition) is 4. The van der Waals surface area contributed by atoms with Crippen LogP contribution in [0.2, 0.25) is 0 Å². The van der Waals surface area contributed by atoms with E-state index in [2.05, 4.69) is 5.32 Å². The minimum absolute atomic E-state index is 0.113. The third-order valence-corrected chi connectivity index (χ3v) is 2.03. The number of nitrogens with zero attached hydrogens (tertiary/aromatic N) is 1. The number of nitrogen functional groups attached to an aromatic ring is 1. The molecular weight excluding hydrogens is 212 g/mol. The molecule has 7 heteroatoms. The van der Waals surface area contributed by atoms with Gasteiger partial charge >= 0.3 is 6.03 Å². The molecule has 16 heavy (non-hydrogen) atoms. The van der Waals surface area contributed by atoms with Crippen molar-refractivity contribution in [2.45, 2.75) is 6.42 Å². The van der Waals surface area contributed by atoms with Gasteiger partial charge < -0.3 is 16.8 Å². The van der Waals surface area contributed by atoms with E-state index in [-0.39, 0.29) is 17.9 Å². The molecule has 7 nitrogen and oxygen atoms in total. The number of primary amides is 1. The Bertz CT molecular complexity index is 419. The second-order valence-electron chi connectivity index (χ2n) is 3.15. The number of carbonyl (C=O) groups is 1. The first-order chi connectivity index (χ1) is 7.52. The molecule has 86 valence electrons. The van der Waals surface area contributed by atoms with Gasteiger partial charge in [-0.1, -0.05) is 12.1 Å². The summed E-state index contributed by atoms with van der Waals surface area (Å²) in [4.78, 5) is 20.6. The fourth-order valence-corrected chi connectivity index (χ4v) is 1.36. The molecule has 5 N–H and O–H groups in total. The number of benzene rings is 1. The molecule has 0 saturated heterocycles. The molecule has 0 bridgehead atoms. The molecule has 0 aliphatic heterocycles. The van der Waals surface area contributed by atoms with Gasteiger partial charge in [-0.3, -0.25) is 10.1 Å². The lowest BCUT2D eigenvalue weighted by molar-refractivity contribution is -0.384. The van der Waals surface area contributed by atoms with Gasteiger partial charge in [0.2, 0.25) is 0 Å². The number of hydrogen-bond donors (Lipinski definition) is 3. The molecule has 0 atom stereocenters. The van der Waals surface area contributed by atoms with Crippen molar-refractivity contribution >= 4 is 17.4 Å². The second kappa shape index (κ2) is 4.96. The lowest BCUT2D eigenvalue weighted by Gasteiger charge is -2.05. The Hall–Kier alpha value is -2.31. The molecule has 1 aromatic carbocycles. The summed E-state index contributed by atoms with van der Waals surface area (Å²) in [6, 6.07) is 4.02. The van der Waals surface area contributed by atoms with E-state index in [9.17, 15) is 14.9 Å². The first-order valence-corrected chi connectivity index (χ1v) is 4.57. The van der Waals surface area contributed by atoms with Gasteiger partial charge in [0.25, 0.3) is 5.69 Å². The molecule has 0 aliphatic rings. The number of nitrogens with one attached hydrogen (secondary N) is 1. The Kier molecular flexibility index (Phi) is 3.65. The molecule has 0 radical (unpaired) electrons. The van der Waals surface area contributed by atoms with Crippen LogP contribution in [-0.4, -0.2) is 17.5 Å². The summed E-state index contributed by atoms with van der Waals surface area (Å²) in [5, 5.41) is 13.1. The van der Waals surface area contributed by atoms with Gasteiger partial charge in [0.15, 0.2) is 0 Å². The van der Waals surface area contributed by atoms with Crippen molar-refractivity contribution in [1.29, 1.82) is 0 Å². The molecule has 0 heterocycles. The third-order valence-electron chi connectivity index (χ3n) is 2.03. The van der Waals surface area contributed by atoms with Crippen molar-refractivity contribution in [2.24, 2.45) is 5.73 Å². The van der Waals surface area contributed by atoms with Crippen LogP contribution in [0.4, 0.5) is 16.2 Å². The number of carbonyl (C=O) groups excluding carboxylic acids is 1. The standard InChI is InChI=1S/C9H12N4O3/c10-7-3-1-2-6(8(7)13(15)16)4-5-12-9(11)14/h1-3H,4-5,10H2,(H3,11,12,14). The van der Waals surface area contributed by atoms with Gasteiger partial charge in [-0.25, -0.2) is 4.79 Å². The monoisotopic (exact) mass is 224 g/mol. The van der Waals surface area contributed by atoms with Crippen molar-refractivity contribution in [3.8, 4) is 0 Å². The molecule has 0 fully saturated rings. The van der Waals surface area contributed by atoms with Crippen molar-refractivity contribution in [3.05, 3.63) is 33.9 Å². The van der Waals surface area contributed by atoms with E-state index in [4.69, 9.17) is 11.5 Å². The molecule has 1 rings (SSSR count). The van der Waals surface area contributed by atoms with Gasteiger partial charge in [0.05, 0.1) is 4.92 Å². The summed E-state index contributed by atoms with van der Waals surface area (Å²) < 4.78 is 0. The summed E-state index contributed by atoms with van der Waals surface area (Å²) in [6.07, 6.45) is 0.310. The van der Waals surface area contributed by atoms with Crippen molar-refractivity contribution in [1.82, 2.24) is 5.32 Å². The highest BCUT2D eigenvalue weighted by Gasteiger charge is 2.16. The summed E-state index contributed by atoms with van der Waals surface area (Å²) in [5.74, 6) is 0. The summed E-state index contributed by atoms with van der Waals surface area (Å²) in [6.45, 7) is 0.236. The van der Waals surface area contributed by atoms with E-state index in [0.29, 0.717) is 12.0 Å². The van der Waals surface area contributed by atoms with Crippen LogP contribution < -0.4 is 16.8 Å². The zero-order valence-corrected chi connectivity index (χ0v) is 8.47. The van der Waals surface area contributed by atoms with E-state index in [0.717, 1.165) is 0 Å². The van der Waals surface area contributed by atoms with Gasteiger partial charge in [-0.2, -0.15) is 0 Å². The van der Waals surface area contributed by atoms with Crippen LogP contribution in [0, 0.1) is 10.1 Å². The van der Waals surface area contributed by atoms with Crippen molar-refractivity contribution < 1.29 is 9.72 Å². The normalized spacial score (nSPS) is 9.75. The smallest absolute Gasteiger partial charge is 0.312 e. The largest absolute Gasteiger partial charge is 0.393 e. The minimum atomic E-state index is -0.661. The minimum Gasteiger partial charge on any atom is -0.393 e. The topological polar surface area (TPSA) is 124 Å². The van der Waals surface area contributed by atoms with Crippen molar-refractivity contribution in [2.75, 3.05) is 12.3 Å². The Morgan fingerprint density at radius 2 is 2.19 bits per heavy atom. The molecular formula is C9H12N4O3. The molecule has 0 aliphatic carbocycles. The molecule has 0 unspecified atom stereocenters. The van der Waals surface area contributed by atoms with Crippen molar-refractivity contribution in [3.63, 3.8) is 0 Å². The number of nitro groups is 1. The highest BCUT2D eigenvalue weighted by atomic mass is 16.6.